The maximum Gasteiger partial charge on any atom is 0.312 e. The minimum atomic E-state index is -1.14. The Morgan fingerprint density at radius 3 is 2.17 bits per heavy atom. The van der Waals surface area contributed by atoms with Gasteiger partial charge < -0.3 is 20.4 Å². The summed E-state index contributed by atoms with van der Waals surface area (Å²) in [5, 5.41) is 42.3. The first-order valence-corrected chi connectivity index (χ1v) is 14.1. The van der Waals surface area contributed by atoms with Crippen molar-refractivity contribution in [2.75, 3.05) is 6.61 Å². The summed E-state index contributed by atoms with van der Waals surface area (Å²) >= 11 is 0. The lowest BCUT2D eigenvalue weighted by Crippen LogP contribution is -2.61. The molecule has 0 amide bonds. The first-order valence-electron chi connectivity index (χ1n) is 14.1. The van der Waals surface area contributed by atoms with E-state index in [2.05, 4.69) is 20.8 Å². The van der Waals surface area contributed by atoms with Gasteiger partial charge in [-0.25, -0.2) is 0 Å². The molecule has 4 N–H and O–H groups in total. The quantitative estimate of drug-likeness (QED) is 0.446. The van der Waals surface area contributed by atoms with Crippen LogP contribution in [0.2, 0.25) is 0 Å². The molecule has 0 radical (unpaired) electrons. The van der Waals surface area contributed by atoms with Crippen LogP contribution in [0, 0.1) is 50.7 Å². The molecule has 0 bridgehead atoms. The van der Waals surface area contributed by atoms with Gasteiger partial charge in [-0.1, -0.05) is 33.3 Å². The highest BCUT2D eigenvalue weighted by atomic mass is 16.4. The van der Waals surface area contributed by atoms with Crippen LogP contribution in [0.4, 0.5) is 0 Å². The Morgan fingerprint density at radius 1 is 0.889 bits per heavy atom. The normalized spacial score (nSPS) is 54.8. The number of aliphatic hydroxyl groups is 3. The lowest BCUT2D eigenvalue weighted by molar-refractivity contribution is -0.199. The Hall–Kier alpha value is -1.24. The molecule has 0 aromatic rings. The molecular formula is C30H46O6. The fraction of sp³-hybridized carbons (Fsp3) is 0.867. The third kappa shape index (κ3) is 3.19. The second-order valence-corrected chi connectivity index (χ2v) is 14.5. The zero-order valence-corrected chi connectivity index (χ0v) is 22.7. The van der Waals surface area contributed by atoms with Crippen molar-refractivity contribution in [3.05, 3.63) is 11.6 Å². The third-order valence-electron chi connectivity index (χ3n) is 12.9. The average molecular weight is 503 g/mol. The molecule has 11 atom stereocenters. The topological polar surface area (TPSA) is 115 Å². The first-order chi connectivity index (χ1) is 16.7. The number of hydrogen-bond acceptors (Lipinski definition) is 5. The maximum absolute atomic E-state index is 13.7. The summed E-state index contributed by atoms with van der Waals surface area (Å²) in [4.78, 5) is 26.2. The molecule has 0 unspecified atom stereocenters. The summed E-state index contributed by atoms with van der Waals surface area (Å²) in [5.74, 6) is -0.764. The van der Waals surface area contributed by atoms with E-state index in [-0.39, 0.29) is 40.5 Å². The number of carbonyl (C=O) groups is 2. The predicted octanol–water partition coefficient (Wildman–Crippen LogP) is 4.36. The molecule has 6 heteroatoms. The standard InChI is InChI=1S/C30H46O6/c1-26-11-8-21-28(3,13-10-23(34)30(21,5)25(35)36)20(26)7-6-18-17(15-26)14-19(32)24-27(18,2)12-9-22(33)29(24,4)16-31/h14,18,20-24,31,33-34H,6-13,15-16H2,1-5H3,(H,35,36)/t18-,20-,21+,22+,23+,24+,26-,27+,28+,29-,30+/m0/s1. The molecule has 4 fully saturated rings. The van der Waals surface area contributed by atoms with Crippen LogP contribution in [0.25, 0.3) is 0 Å². The van der Waals surface area contributed by atoms with Crippen LogP contribution in [0.1, 0.15) is 92.4 Å². The summed E-state index contributed by atoms with van der Waals surface area (Å²) in [6.07, 6.45) is 7.53. The van der Waals surface area contributed by atoms with Crippen molar-refractivity contribution in [3.8, 4) is 0 Å². The van der Waals surface area contributed by atoms with Gasteiger partial charge in [0.25, 0.3) is 0 Å². The van der Waals surface area contributed by atoms with E-state index in [9.17, 15) is 30.0 Å². The molecular weight excluding hydrogens is 456 g/mol. The van der Waals surface area contributed by atoms with Crippen LogP contribution in [0.5, 0.6) is 0 Å². The van der Waals surface area contributed by atoms with E-state index in [0.29, 0.717) is 18.8 Å². The number of allylic oxidation sites excluding steroid dienone is 2. The first kappa shape index (κ1) is 26.4. The van der Waals surface area contributed by atoms with E-state index < -0.39 is 34.9 Å². The van der Waals surface area contributed by atoms with E-state index >= 15 is 0 Å². The van der Waals surface area contributed by atoms with Crippen molar-refractivity contribution in [1.82, 2.24) is 0 Å². The summed E-state index contributed by atoms with van der Waals surface area (Å²) < 4.78 is 0. The van der Waals surface area contributed by atoms with Crippen molar-refractivity contribution in [3.63, 3.8) is 0 Å². The molecule has 5 rings (SSSR count). The summed E-state index contributed by atoms with van der Waals surface area (Å²) in [7, 11) is 0. The molecule has 0 aliphatic heterocycles. The zero-order chi connectivity index (χ0) is 26.5. The summed E-state index contributed by atoms with van der Waals surface area (Å²) in [5.41, 5.74) is -1.25. The van der Waals surface area contributed by atoms with E-state index in [1.165, 1.54) is 5.57 Å². The molecule has 5 aliphatic rings. The van der Waals surface area contributed by atoms with E-state index in [1.54, 1.807) is 6.92 Å². The molecule has 202 valence electrons. The number of ketones is 1. The zero-order valence-electron chi connectivity index (χ0n) is 22.7. The van der Waals surface area contributed by atoms with Crippen molar-refractivity contribution < 1.29 is 30.0 Å². The molecule has 36 heavy (non-hydrogen) atoms. The minimum absolute atomic E-state index is 0.0223. The fourth-order valence-electron chi connectivity index (χ4n) is 10.9. The van der Waals surface area contributed by atoms with Gasteiger partial charge in [-0.3, -0.25) is 9.59 Å². The molecule has 6 nitrogen and oxygen atoms in total. The second-order valence-electron chi connectivity index (χ2n) is 14.5. The van der Waals surface area contributed by atoms with Crippen LogP contribution in [0.15, 0.2) is 11.6 Å². The van der Waals surface area contributed by atoms with Crippen LogP contribution < -0.4 is 0 Å². The molecule has 5 aliphatic carbocycles. The number of hydrogen-bond donors (Lipinski definition) is 4. The highest BCUT2D eigenvalue weighted by Crippen LogP contribution is 2.70. The number of carboxylic acids is 1. The molecule has 0 heterocycles. The van der Waals surface area contributed by atoms with E-state index in [0.717, 1.165) is 44.9 Å². The van der Waals surface area contributed by atoms with Crippen molar-refractivity contribution in [1.29, 1.82) is 0 Å². The van der Waals surface area contributed by atoms with Gasteiger partial charge in [-0.05, 0) is 105 Å². The van der Waals surface area contributed by atoms with Crippen LogP contribution in [0.3, 0.4) is 0 Å². The van der Waals surface area contributed by atoms with Crippen molar-refractivity contribution in [2.45, 2.75) is 105 Å². The van der Waals surface area contributed by atoms with Gasteiger partial charge in [0.15, 0.2) is 5.78 Å². The molecule has 0 saturated heterocycles. The van der Waals surface area contributed by atoms with Gasteiger partial charge in [0.2, 0.25) is 0 Å². The highest BCUT2D eigenvalue weighted by molar-refractivity contribution is 5.95. The van der Waals surface area contributed by atoms with Gasteiger partial charge in [0.05, 0.1) is 24.2 Å². The van der Waals surface area contributed by atoms with Gasteiger partial charge in [0, 0.05) is 11.3 Å². The molecule has 4 saturated carbocycles. The number of aliphatic hydroxyl groups excluding tert-OH is 3. The molecule has 0 aromatic heterocycles. The maximum atomic E-state index is 13.7. The fourth-order valence-corrected chi connectivity index (χ4v) is 10.9. The Balaban J connectivity index is 1.55. The predicted molar refractivity (Wildman–Crippen MR) is 136 cm³/mol. The number of carboxylic acid groups (broad SMARTS) is 1. The van der Waals surface area contributed by atoms with Crippen molar-refractivity contribution >= 4 is 11.8 Å². The largest absolute Gasteiger partial charge is 0.481 e. The number of fused-ring (bicyclic) bond motifs is 6. The number of aliphatic carboxylic acids is 1. The SMILES string of the molecule is C[C@@]12CC[C@@H]3[C@](C)(CC[C@@H](O)[C@]3(C)C(=O)O)[C@H]1CC[C@H]1C(=CC(=O)[C@@H]3[C@]1(C)CC[C@@H](O)[C@]3(C)CO)C2. The second kappa shape index (κ2) is 8.13. The Kier molecular flexibility index (Phi) is 5.95. The van der Waals surface area contributed by atoms with E-state index in [4.69, 9.17) is 0 Å². The molecule has 0 aromatic carbocycles. The van der Waals surface area contributed by atoms with Crippen LogP contribution >= 0.6 is 0 Å². The average Bonchev–Trinajstić information content (AvgIpc) is 2.96. The number of rotatable bonds is 2. The summed E-state index contributed by atoms with van der Waals surface area (Å²) in [6, 6.07) is 0. The summed E-state index contributed by atoms with van der Waals surface area (Å²) in [6.45, 7) is 10.3. The smallest absolute Gasteiger partial charge is 0.312 e. The lowest BCUT2D eigenvalue weighted by Gasteiger charge is -2.63. The lowest BCUT2D eigenvalue weighted by atomic mass is 9.41. The Morgan fingerprint density at radius 2 is 1.53 bits per heavy atom. The van der Waals surface area contributed by atoms with Crippen LogP contribution in [-0.4, -0.2) is 51.0 Å². The van der Waals surface area contributed by atoms with Gasteiger partial charge in [-0.15, -0.1) is 0 Å². The highest BCUT2D eigenvalue weighted by Gasteiger charge is 2.66. The number of carbonyl (C=O) groups excluding carboxylic acids is 1. The Bertz CT molecular complexity index is 990. The third-order valence-corrected chi connectivity index (χ3v) is 12.9. The minimum Gasteiger partial charge on any atom is -0.481 e. The molecule has 0 spiro atoms. The van der Waals surface area contributed by atoms with Gasteiger partial charge in [0.1, 0.15) is 0 Å². The monoisotopic (exact) mass is 502 g/mol. The van der Waals surface area contributed by atoms with Crippen LogP contribution in [-0.2, 0) is 9.59 Å². The van der Waals surface area contributed by atoms with Crippen molar-refractivity contribution in [2.24, 2.45) is 50.7 Å². The van der Waals surface area contributed by atoms with Gasteiger partial charge in [-0.2, -0.15) is 0 Å². The van der Waals surface area contributed by atoms with E-state index in [1.807, 2.05) is 13.0 Å². The van der Waals surface area contributed by atoms with Gasteiger partial charge >= 0.3 is 5.97 Å². The Labute approximate surface area is 215 Å².